The zero-order valence-corrected chi connectivity index (χ0v) is 12.7. The van der Waals surface area contributed by atoms with Crippen molar-refractivity contribution in [2.75, 3.05) is 13.1 Å². The van der Waals surface area contributed by atoms with Crippen molar-refractivity contribution < 1.29 is 9.59 Å². The summed E-state index contributed by atoms with van der Waals surface area (Å²) in [6.45, 7) is 1.34. The molecular weight excluding hydrogens is 320 g/mol. The van der Waals surface area contributed by atoms with E-state index < -0.39 is 0 Å². The summed E-state index contributed by atoms with van der Waals surface area (Å²) in [5.74, 6) is 0.119. The third kappa shape index (κ3) is 2.35. The van der Waals surface area contributed by atoms with Gasteiger partial charge in [0, 0.05) is 24.0 Å². The largest absolute Gasteiger partial charge is 0.354 e. The molecule has 0 spiro atoms. The van der Waals surface area contributed by atoms with E-state index in [1.807, 2.05) is 29.2 Å². The number of nitrogens with zero attached hydrogens (tertiary/aromatic N) is 1. The van der Waals surface area contributed by atoms with E-state index in [4.69, 9.17) is 0 Å². The maximum absolute atomic E-state index is 12.6. The van der Waals surface area contributed by atoms with Crippen LogP contribution in [0.3, 0.4) is 0 Å². The van der Waals surface area contributed by atoms with Crippen LogP contribution in [0.1, 0.15) is 28.8 Å². The highest BCUT2D eigenvalue weighted by Crippen LogP contribution is 2.28. The van der Waals surface area contributed by atoms with Gasteiger partial charge in [0.2, 0.25) is 5.91 Å². The van der Waals surface area contributed by atoms with Crippen LogP contribution in [0.25, 0.3) is 0 Å². The molecule has 2 unspecified atom stereocenters. The number of rotatable bonds is 2. The Bertz CT molecular complexity index is 529. The maximum Gasteiger partial charge on any atom is 0.254 e. The van der Waals surface area contributed by atoms with Crippen molar-refractivity contribution in [3.63, 3.8) is 0 Å². The van der Waals surface area contributed by atoms with E-state index in [9.17, 15) is 9.59 Å². The highest BCUT2D eigenvalue weighted by Gasteiger charge is 2.42. The molecule has 0 aromatic heterocycles. The molecular formula is C15H17BrN2O2. The summed E-state index contributed by atoms with van der Waals surface area (Å²) >= 11 is 3.40. The number of piperidine rings is 1. The molecule has 1 aromatic carbocycles. The van der Waals surface area contributed by atoms with E-state index in [1.165, 1.54) is 0 Å². The molecule has 106 valence electrons. The molecule has 2 saturated heterocycles. The molecule has 2 aliphatic heterocycles. The average Bonchev–Trinajstić information content (AvgIpc) is 2.88. The first kappa shape index (κ1) is 13.6. The molecule has 1 N–H and O–H groups in total. The Hall–Kier alpha value is -1.36. The molecule has 3 rings (SSSR count). The van der Waals surface area contributed by atoms with Crippen LogP contribution in [0.15, 0.2) is 24.3 Å². The second kappa shape index (κ2) is 5.56. The van der Waals surface area contributed by atoms with E-state index in [2.05, 4.69) is 21.2 Å². The fourth-order valence-corrected chi connectivity index (χ4v) is 3.48. The summed E-state index contributed by atoms with van der Waals surface area (Å²) in [4.78, 5) is 26.2. The second-order valence-corrected chi connectivity index (χ2v) is 5.95. The predicted octanol–water partition coefficient (Wildman–Crippen LogP) is 1.93. The van der Waals surface area contributed by atoms with Gasteiger partial charge in [-0.3, -0.25) is 9.59 Å². The summed E-state index contributed by atoms with van der Waals surface area (Å²) in [6.07, 6.45) is 1.79. The second-order valence-electron chi connectivity index (χ2n) is 5.39. The van der Waals surface area contributed by atoms with Gasteiger partial charge in [0.1, 0.15) is 0 Å². The van der Waals surface area contributed by atoms with Gasteiger partial charge in [-0.2, -0.15) is 0 Å². The SMILES string of the molecule is O=C1NCC2C1CCCN2C(=O)c1ccc(CBr)cc1. The minimum atomic E-state index is -0.0190. The zero-order chi connectivity index (χ0) is 14.1. The maximum atomic E-state index is 12.6. The van der Waals surface area contributed by atoms with Crippen LogP contribution in [0.2, 0.25) is 0 Å². The molecule has 2 atom stereocenters. The number of benzene rings is 1. The van der Waals surface area contributed by atoms with Crippen LogP contribution in [0.5, 0.6) is 0 Å². The van der Waals surface area contributed by atoms with Gasteiger partial charge in [0.05, 0.1) is 12.0 Å². The number of hydrogen-bond acceptors (Lipinski definition) is 2. The van der Waals surface area contributed by atoms with Crippen LogP contribution in [-0.2, 0) is 10.1 Å². The van der Waals surface area contributed by atoms with Crippen LogP contribution in [0.4, 0.5) is 0 Å². The van der Waals surface area contributed by atoms with Gasteiger partial charge in [-0.15, -0.1) is 0 Å². The van der Waals surface area contributed by atoms with Gasteiger partial charge < -0.3 is 10.2 Å². The topological polar surface area (TPSA) is 49.4 Å². The smallest absolute Gasteiger partial charge is 0.254 e. The molecule has 1 aromatic rings. The first-order valence-electron chi connectivity index (χ1n) is 6.94. The van der Waals surface area contributed by atoms with Gasteiger partial charge >= 0.3 is 0 Å². The van der Waals surface area contributed by atoms with E-state index in [-0.39, 0.29) is 23.8 Å². The highest BCUT2D eigenvalue weighted by molar-refractivity contribution is 9.08. The summed E-state index contributed by atoms with van der Waals surface area (Å²) in [7, 11) is 0. The molecule has 20 heavy (non-hydrogen) atoms. The number of fused-ring (bicyclic) bond motifs is 1. The highest BCUT2D eigenvalue weighted by atomic mass is 79.9. The predicted molar refractivity (Wildman–Crippen MR) is 79.6 cm³/mol. The minimum absolute atomic E-state index is 0.0190. The first-order chi connectivity index (χ1) is 9.70. The fourth-order valence-electron chi connectivity index (χ4n) is 3.11. The van der Waals surface area contributed by atoms with Gasteiger partial charge in [-0.05, 0) is 30.5 Å². The standard InChI is InChI=1S/C15H17BrN2O2/c16-8-10-3-5-11(6-4-10)15(20)18-7-1-2-12-13(18)9-17-14(12)19/h3-6,12-13H,1-2,7-9H2,(H,17,19). The van der Waals surface area contributed by atoms with Crippen molar-refractivity contribution in [1.29, 1.82) is 0 Å². The normalized spacial score (nSPS) is 25.2. The fraction of sp³-hybridized carbons (Fsp3) is 0.467. The van der Waals surface area contributed by atoms with E-state index >= 15 is 0 Å². The number of alkyl halides is 1. The molecule has 2 fully saturated rings. The lowest BCUT2D eigenvalue weighted by atomic mass is 9.91. The van der Waals surface area contributed by atoms with Crippen molar-refractivity contribution >= 4 is 27.7 Å². The Morgan fingerprint density at radius 2 is 2.10 bits per heavy atom. The number of carbonyl (C=O) groups is 2. The Morgan fingerprint density at radius 3 is 2.80 bits per heavy atom. The molecule has 0 bridgehead atoms. The van der Waals surface area contributed by atoms with Gasteiger partial charge in [0.25, 0.3) is 5.91 Å². The van der Waals surface area contributed by atoms with E-state index in [0.717, 1.165) is 30.3 Å². The number of amides is 2. The lowest BCUT2D eigenvalue weighted by molar-refractivity contribution is -0.123. The third-order valence-corrected chi connectivity index (χ3v) is 4.86. The third-order valence-electron chi connectivity index (χ3n) is 4.22. The molecule has 0 saturated carbocycles. The molecule has 2 amide bonds. The number of likely N-dealkylation sites (tertiary alicyclic amines) is 1. The Labute approximate surface area is 126 Å². The Morgan fingerprint density at radius 1 is 1.35 bits per heavy atom. The molecule has 5 heteroatoms. The zero-order valence-electron chi connectivity index (χ0n) is 11.1. The summed E-state index contributed by atoms with van der Waals surface area (Å²) in [5.41, 5.74) is 1.85. The van der Waals surface area contributed by atoms with Gasteiger partial charge in [-0.1, -0.05) is 28.1 Å². The van der Waals surface area contributed by atoms with Crippen molar-refractivity contribution in [3.05, 3.63) is 35.4 Å². The number of halogens is 1. The number of nitrogens with one attached hydrogen (secondary N) is 1. The van der Waals surface area contributed by atoms with Gasteiger partial charge in [-0.25, -0.2) is 0 Å². The lowest BCUT2D eigenvalue weighted by Crippen LogP contribution is -2.48. The number of carbonyl (C=O) groups excluding carboxylic acids is 2. The molecule has 4 nitrogen and oxygen atoms in total. The first-order valence-corrected chi connectivity index (χ1v) is 8.06. The van der Waals surface area contributed by atoms with Crippen LogP contribution < -0.4 is 5.32 Å². The van der Waals surface area contributed by atoms with E-state index in [1.54, 1.807) is 0 Å². The summed E-state index contributed by atoms with van der Waals surface area (Å²) in [5, 5.41) is 3.66. The number of hydrogen-bond donors (Lipinski definition) is 1. The monoisotopic (exact) mass is 336 g/mol. The van der Waals surface area contributed by atoms with Gasteiger partial charge in [0.15, 0.2) is 0 Å². The average molecular weight is 337 g/mol. The minimum Gasteiger partial charge on any atom is -0.354 e. The van der Waals surface area contributed by atoms with Crippen LogP contribution in [0, 0.1) is 5.92 Å². The van der Waals surface area contributed by atoms with Crippen molar-refractivity contribution in [2.45, 2.75) is 24.2 Å². The van der Waals surface area contributed by atoms with Crippen molar-refractivity contribution in [2.24, 2.45) is 5.92 Å². The molecule has 2 heterocycles. The quantitative estimate of drug-likeness (QED) is 0.839. The van der Waals surface area contributed by atoms with Crippen LogP contribution >= 0.6 is 15.9 Å². The molecule has 2 aliphatic rings. The van der Waals surface area contributed by atoms with E-state index in [0.29, 0.717) is 12.1 Å². The Kier molecular flexibility index (Phi) is 3.78. The Balaban J connectivity index is 1.80. The van der Waals surface area contributed by atoms with Crippen molar-refractivity contribution in [1.82, 2.24) is 10.2 Å². The summed E-state index contributed by atoms with van der Waals surface area (Å²) in [6, 6.07) is 7.68. The summed E-state index contributed by atoms with van der Waals surface area (Å²) < 4.78 is 0. The van der Waals surface area contributed by atoms with Crippen molar-refractivity contribution in [3.8, 4) is 0 Å². The lowest BCUT2D eigenvalue weighted by Gasteiger charge is -2.36. The van der Waals surface area contributed by atoms with Crippen LogP contribution in [-0.4, -0.2) is 35.8 Å². The molecule has 0 aliphatic carbocycles. The molecule has 0 radical (unpaired) electrons.